The maximum Gasteiger partial charge on any atom is 0.235 e. The molecule has 0 spiro atoms. The first kappa shape index (κ1) is 18.9. The van der Waals surface area contributed by atoms with Gasteiger partial charge < -0.3 is 15.2 Å². The molecule has 1 rings (SSSR count). The number of amides is 1. The molecular formula is C17H32N2O3. The second-order valence-corrected chi connectivity index (χ2v) is 8.83. The number of carbonyl (C=O) groups excluding carboxylic acids is 1. The lowest BCUT2D eigenvalue weighted by Crippen LogP contribution is -2.52. The van der Waals surface area contributed by atoms with Crippen molar-refractivity contribution in [2.45, 2.75) is 67.5 Å². The van der Waals surface area contributed by atoms with Crippen molar-refractivity contribution in [3.8, 4) is 0 Å². The van der Waals surface area contributed by atoms with Crippen LogP contribution in [0.2, 0.25) is 0 Å². The van der Waals surface area contributed by atoms with Crippen LogP contribution in [0.15, 0.2) is 4.99 Å². The largest absolute Gasteiger partial charge is 0.478 e. The van der Waals surface area contributed by atoms with Crippen molar-refractivity contribution in [2.24, 2.45) is 21.2 Å². The average molecular weight is 312 g/mol. The van der Waals surface area contributed by atoms with Crippen LogP contribution >= 0.6 is 0 Å². The van der Waals surface area contributed by atoms with Gasteiger partial charge in [-0.25, -0.2) is 4.99 Å². The number of aliphatic hydroxyl groups excluding tert-OH is 1. The number of hydrogen-bond donors (Lipinski definition) is 2. The van der Waals surface area contributed by atoms with E-state index in [0.29, 0.717) is 12.5 Å². The van der Waals surface area contributed by atoms with E-state index < -0.39 is 5.41 Å². The van der Waals surface area contributed by atoms with E-state index in [9.17, 15) is 9.90 Å². The minimum atomic E-state index is -0.849. The quantitative estimate of drug-likeness (QED) is 0.837. The molecule has 0 aromatic rings. The molecule has 0 aliphatic carbocycles. The zero-order valence-electron chi connectivity index (χ0n) is 15.3. The molecule has 1 aliphatic rings. The maximum atomic E-state index is 12.6. The Morgan fingerprint density at radius 3 is 2.18 bits per heavy atom. The maximum absolute atomic E-state index is 12.6. The Labute approximate surface area is 134 Å². The van der Waals surface area contributed by atoms with Crippen LogP contribution in [0.25, 0.3) is 0 Å². The summed E-state index contributed by atoms with van der Waals surface area (Å²) in [5, 5.41) is 12.4. The summed E-state index contributed by atoms with van der Waals surface area (Å²) in [6, 6.07) is -0.245. The lowest BCUT2D eigenvalue weighted by Gasteiger charge is -2.33. The highest BCUT2D eigenvalue weighted by atomic mass is 16.5. The number of nitrogens with one attached hydrogen (secondary N) is 1. The van der Waals surface area contributed by atoms with Crippen LogP contribution in [0.5, 0.6) is 0 Å². The number of rotatable bonds is 4. The fourth-order valence-corrected chi connectivity index (χ4v) is 2.13. The molecule has 0 aromatic heterocycles. The van der Waals surface area contributed by atoms with E-state index >= 15 is 0 Å². The first-order valence-electron chi connectivity index (χ1n) is 7.93. The predicted octanol–water partition coefficient (Wildman–Crippen LogP) is 2.38. The zero-order chi connectivity index (χ0) is 17.3. The number of nitrogens with zero attached hydrogens (tertiary/aromatic N) is 1. The van der Waals surface area contributed by atoms with Gasteiger partial charge in [-0.1, -0.05) is 41.5 Å². The monoisotopic (exact) mass is 312 g/mol. The standard InChI is InChI=1S/C17H32N2O3/c1-15(2,3)11(9-20)18-13(21)17(7,8)14-19-12(10-22-14)16(4,5)6/h11-12,20H,9-10H2,1-8H3,(H,18,21)/t11-,12-/m0/s1. The van der Waals surface area contributed by atoms with Gasteiger partial charge >= 0.3 is 0 Å². The van der Waals surface area contributed by atoms with Crippen LogP contribution in [0.4, 0.5) is 0 Å². The SMILES string of the molecule is CC(C)(C(=O)N[C@@H](CO)C(C)(C)C)C1=N[C@H](C(C)(C)C)CO1. The molecule has 1 amide bonds. The summed E-state index contributed by atoms with van der Waals surface area (Å²) in [4.78, 5) is 17.3. The van der Waals surface area contributed by atoms with Crippen molar-refractivity contribution in [1.29, 1.82) is 0 Å². The molecular weight excluding hydrogens is 280 g/mol. The molecule has 2 N–H and O–H groups in total. The Morgan fingerprint density at radius 2 is 1.82 bits per heavy atom. The minimum absolute atomic E-state index is 0.00729. The highest BCUT2D eigenvalue weighted by Gasteiger charge is 2.42. The van der Waals surface area contributed by atoms with Crippen LogP contribution in [0, 0.1) is 16.2 Å². The summed E-state index contributed by atoms with van der Waals surface area (Å²) in [5.74, 6) is 0.310. The van der Waals surface area contributed by atoms with Crippen LogP contribution < -0.4 is 5.32 Å². The molecule has 0 unspecified atom stereocenters. The van der Waals surface area contributed by atoms with Gasteiger partial charge in [0, 0.05) is 0 Å². The molecule has 0 aromatic carbocycles. The predicted molar refractivity (Wildman–Crippen MR) is 88.9 cm³/mol. The molecule has 0 saturated carbocycles. The first-order valence-corrected chi connectivity index (χ1v) is 7.93. The average Bonchev–Trinajstić information content (AvgIpc) is 2.83. The van der Waals surface area contributed by atoms with Crippen molar-refractivity contribution in [3.05, 3.63) is 0 Å². The van der Waals surface area contributed by atoms with Crippen LogP contribution in [-0.4, -0.2) is 42.2 Å². The second-order valence-electron chi connectivity index (χ2n) is 8.83. The van der Waals surface area contributed by atoms with Crippen molar-refractivity contribution in [1.82, 2.24) is 5.32 Å². The molecule has 1 heterocycles. The van der Waals surface area contributed by atoms with Crippen LogP contribution in [-0.2, 0) is 9.53 Å². The topological polar surface area (TPSA) is 70.9 Å². The number of hydrogen-bond acceptors (Lipinski definition) is 4. The smallest absolute Gasteiger partial charge is 0.235 e. The van der Waals surface area contributed by atoms with Crippen molar-refractivity contribution in [3.63, 3.8) is 0 Å². The third kappa shape index (κ3) is 4.22. The second kappa shape index (κ2) is 6.19. The lowest BCUT2D eigenvalue weighted by molar-refractivity contribution is -0.128. The molecule has 5 nitrogen and oxygen atoms in total. The number of ether oxygens (including phenoxy) is 1. The van der Waals surface area contributed by atoms with E-state index in [4.69, 9.17) is 4.74 Å². The van der Waals surface area contributed by atoms with Gasteiger partial charge in [0.2, 0.25) is 5.91 Å². The molecule has 0 radical (unpaired) electrons. The zero-order valence-corrected chi connectivity index (χ0v) is 15.3. The summed E-state index contributed by atoms with van der Waals surface area (Å²) < 4.78 is 5.71. The third-order valence-electron chi connectivity index (χ3n) is 4.29. The summed E-state index contributed by atoms with van der Waals surface area (Å²) >= 11 is 0. The van der Waals surface area contributed by atoms with E-state index in [0.717, 1.165) is 0 Å². The molecule has 2 atom stereocenters. The summed E-state index contributed by atoms with van der Waals surface area (Å²) in [7, 11) is 0. The van der Waals surface area contributed by atoms with Gasteiger partial charge in [0.15, 0.2) is 5.90 Å². The van der Waals surface area contributed by atoms with Gasteiger partial charge in [0.05, 0.1) is 18.7 Å². The molecule has 5 heteroatoms. The van der Waals surface area contributed by atoms with E-state index in [-0.39, 0.29) is 35.4 Å². The van der Waals surface area contributed by atoms with Gasteiger partial charge in [-0.3, -0.25) is 4.79 Å². The molecule has 0 fully saturated rings. The summed E-state index contributed by atoms with van der Waals surface area (Å²) in [6.45, 7) is 16.3. The Morgan fingerprint density at radius 1 is 1.27 bits per heavy atom. The fraction of sp³-hybridized carbons (Fsp3) is 0.882. The highest BCUT2D eigenvalue weighted by molar-refractivity contribution is 6.04. The molecule has 22 heavy (non-hydrogen) atoms. The van der Waals surface area contributed by atoms with Crippen molar-refractivity contribution >= 4 is 11.8 Å². The van der Waals surface area contributed by atoms with Gasteiger partial charge in [0.1, 0.15) is 12.0 Å². The normalized spacial score (nSPS) is 21.1. The Kier molecular flexibility index (Phi) is 5.33. The lowest BCUT2D eigenvalue weighted by atomic mass is 9.85. The van der Waals surface area contributed by atoms with Crippen LogP contribution in [0.1, 0.15) is 55.4 Å². The Bertz CT molecular complexity index is 442. The highest BCUT2D eigenvalue weighted by Crippen LogP contribution is 2.31. The summed E-state index contributed by atoms with van der Waals surface area (Å²) in [5.41, 5.74) is -1.06. The molecule has 0 saturated heterocycles. The number of carbonyl (C=O) groups is 1. The van der Waals surface area contributed by atoms with E-state index in [1.807, 2.05) is 34.6 Å². The Balaban J connectivity index is 2.88. The van der Waals surface area contributed by atoms with Crippen LogP contribution in [0.3, 0.4) is 0 Å². The van der Waals surface area contributed by atoms with Crippen molar-refractivity contribution in [2.75, 3.05) is 13.2 Å². The molecule has 0 bridgehead atoms. The first-order chi connectivity index (χ1) is 9.80. The fourth-order valence-electron chi connectivity index (χ4n) is 2.13. The van der Waals surface area contributed by atoms with Gasteiger partial charge in [-0.15, -0.1) is 0 Å². The molecule has 1 aliphatic heterocycles. The van der Waals surface area contributed by atoms with Gasteiger partial charge in [0.25, 0.3) is 0 Å². The van der Waals surface area contributed by atoms with E-state index in [1.54, 1.807) is 0 Å². The summed E-state index contributed by atoms with van der Waals surface area (Å²) in [6.07, 6.45) is 0. The van der Waals surface area contributed by atoms with Gasteiger partial charge in [-0.05, 0) is 24.7 Å². The van der Waals surface area contributed by atoms with E-state index in [1.165, 1.54) is 0 Å². The van der Waals surface area contributed by atoms with E-state index in [2.05, 4.69) is 31.1 Å². The van der Waals surface area contributed by atoms with Gasteiger partial charge in [-0.2, -0.15) is 0 Å². The minimum Gasteiger partial charge on any atom is -0.478 e. The number of aliphatic imine (C=N–C) groups is 1. The Hall–Kier alpha value is -1.10. The molecule has 128 valence electrons. The van der Waals surface area contributed by atoms with Crippen molar-refractivity contribution < 1.29 is 14.6 Å². The number of aliphatic hydroxyl groups is 1. The third-order valence-corrected chi connectivity index (χ3v) is 4.29.